The van der Waals surface area contributed by atoms with Gasteiger partial charge in [-0.2, -0.15) is 15.3 Å². The first-order valence-electron chi connectivity index (χ1n) is 13.2. The molecule has 2 aliphatic rings. The zero-order valence-corrected chi connectivity index (χ0v) is 21.1. The number of benzene rings is 1. The third-order valence-electron chi connectivity index (χ3n) is 7.66. The summed E-state index contributed by atoms with van der Waals surface area (Å²) in [6.45, 7) is 3.88. The molecule has 0 aliphatic carbocycles. The van der Waals surface area contributed by atoms with Crippen LogP contribution < -0.4 is 20.7 Å². The SMILES string of the molecule is N#CCC1CCN(c2nc(Nc3ccc(N4CCC(CCCO)CC4)cc3)c3c(=O)[nH]ncc3n2)CC1. The number of hydrogen-bond acceptors (Lipinski definition) is 9. The Hall–Kier alpha value is -3.71. The largest absolute Gasteiger partial charge is 0.396 e. The number of hydrogen-bond donors (Lipinski definition) is 3. The Bertz CT molecular complexity index is 1290. The van der Waals surface area contributed by atoms with Gasteiger partial charge in [0, 0.05) is 50.6 Å². The number of aliphatic hydroxyl groups is 1. The maximum absolute atomic E-state index is 12.6. The van der Waals surface area contributed by atoms with Gasteiger partial charge in [0.05, 0.1) is 12.3 Å². The average Bonchev–Trinajstić information content (AvgIpc) is 2.93. The second-order valence-corrected chi connectivity index (χ2v) is 10.1. The molecule has 3 aromatic rings. The van der Waals surface area contributed by atoms with Gasteiger partial charge < -0.3 is 20.2 Å². The summed E-state index contributed by atoms with van der Waals surface area (Å²) in [7, 11) is 0. The van der Waals surface area contributed by atoms with Gasteiger partial charge in [-0.1, -0.05) is 0 Å². The molecule has 0 spiro atoms. The Morgan fingerprint density at radius 3 is 2.43 bits per heavy atom. The topological polar surface area (TPSA) is 134 Å². The first kappa shape index (κ1) is 25.0. The molecule has 2 saturated heterocycles. The van der Waals surface area contributed by atoms with Crippen LogP contribution >= 0.6 is 0 Å². The molecule has 0 radical (unpaired) electrons. The highest BCUT2D eigenvalue weighted by atomic mass is 16.3. The van der Waals surface area contributed by atoms with Crippen LogP contribution in [0.2, 0.25) is 0 Å². The van der Waals surface area contributed by atoms with Crippen LogP contribution in [-0.2, 0) is 0 Å². The minimum absolute atomic E-state index is 0.279. The van der Waals surface area contributed by atoms with Crippen LogP contribution in [0.3, 0.4) is 0 Å². The summed E-state index contributed by atoms with van der Waals surface area (Å²) >= 11 is 0. The van der Waals surface area contributed by atoms with Crippen molar-refractivity contribution in [1.29, 1.82) is 5.26 Å². The van der Waals surface area contributed by atoms with Crippen molar-refractivity contribution in [2.75, 3.05) is 47.9 Å². The first-order chi connectivity index (χ1) is 18.1. The number of nitrogens with zero attached hydrogens (tertiary/aromatic N) is 6. The van der Waals surface area contributed by atoms with Crippen LogP contribution in [0.1, 0.15) is 44.9 Å². The van der Waals surface area contributed by atoms with Crippen molar-refractivity contribution < 1.29 is 5.11 Å². The van der Waals surface area contributed by atoms with Gasteiger partial charge in [0.1, 0.15) is 16.7 Å². The fourth-order valence-corrected chi connectivity index (χ4v) is 5.44. The smallest absolute Gasteiger partial charge is 0.277 e. The first-order valence-corrected chi connectivity index (χ1v) is 13.2. The zero-order valence-electron chi connectivity index (χ0n) is 21.1. The molecule has 4 heterocycles. The Balaban J connectivity index is 1.32. The van der Waals surface area contributed by atoms with E-state index >= 15 is 0 Å². The molecule has 2 aromatic heterocycles. The van der Waals surface area contributed by atoms with Crippen molar-refractivity contribution in [3.05, 3.63) is 40.8 Å². The second-order valence-electron chi connectivity index (χ2n) is 10.1. The lowest BCUT2D eigenvalue weighted by Gasteiger charge is -2.33. The number of rotatable bonds is 8. The molecule has 2 aliphatic heterocycles. The number of piperidine rings is 2. The quantitative estimate of drug-likeness (QED) is 0.422. The number of aliphatic hydroxyl groups excluding tert-OH is 1. The molecule has 0 bridgehead atoms. The van der Waals surface area contributed by atoms with E-state index in [4.69, 9.17) is 15.4 Å². The summed E-state index contributed by atoms with van der Waals surface area (Å²) < 4.78 is 0. The van der Waals surface area contributed by atoms with Gasteiger partial charge in [0.15, 0.2) is 0 Å². The zero-order chi connectivity index (χ0) is 25.6. The van der Waals surface area contributed by atoms with Gasteiger partial charge >= 0.3 is 0 Å². The predicted molar refractivity (Wildman–Crippen MR) is 144 cm³/mol. The van der Waals surface area contributed by atoms with Crippen LogP contribution in [0.5, 0.6) is 0 Å². The van der Waals surface area contributed by atoms with Gasteiger partial charge in [0.25, 0.3) is 5.56 Å². The van der Waals surface area contributed by atoms with E-state index in [0.29, 0.717) is 40.9 Å². The number of anilines is 4. The molecule has 37 heavy (non-hydrogen) atoms. The van der Waals surface area contributed by atoms with E-state index in [1.54, 1.807) is 6.20 Å². The van der Waals surface area contributed by atoms with E-state index in [-0.39, 0.29) is 12.2 Å². The number of nitriles is 1. The molecular weight excluding hydrogens is 468 g/mol. The molecule has 0 unspecified atom stereocenters. The number of nitrogens with one attached hydrogen (secondary N) is 2. The van der Waals surface area contributed by atoms with E-state index in [0.717, 1.165) is 70.4 Å². The van der Waals surface area contributed by atoms with E-state index < -0.39 is 0 Å². The molecule has 1 aromatic carbocycles. The van der Waals surface area contributed by atoms with Crippen molar-refractivity contribution in [3.8, 4) is 6.07 Å². The van der Waals surface area contributed by atoms with E-state index in [2.05, 4.69) is 48.5 Å². The summed E-state index contributed by atoms with van der Waals surface area (Å²) in [4.78, 5) is 26.6. The molecule has 5 rings (SSSR count). The molecule has 10 nitrogen and oxygen atoms in total. The molecule has 10 heteroatoms. The van der Waals surface area contributed by atoms with Crippen molar-refractivity contribution in [3.63, 3.8) is 0 Å². The van der Waals surface area contributed by atoms with E-state index in [1.807, 2.05) is 12.1 Å². The van der Waals surface area contributed by atoms with Gasteiger partial charge in [-0.25, -0.2) is 10.1 Å². The summed E-state index contributed by atoms with van der Waals surface area (Å²) in [6.07, 6.45) is 8.29. The highest BCUT2D eigenvalue weighted by Gasteiger charge is 2.23. The fourth-order valence-electron chi connectivity index (χ4n) is 5.44. The van der Waals surface area contributed by atoms with Gasteiger partial charge in [-0.3, -0.25) is 4.79 Å². The van der Waals surface area contributed by atoms with Crippen LogP contribution in [0, 0.1) is 23.2 Å². The van der Waals surface area contributed by atoms with Crippen LogP contribution in [0.25, 0.3) is 10.9 Å². The lowest BCUT2D eigenvalue weighted by Crippen LogP contribution is -2.35. The van der Waals surface area contributed by atoms with Crippen molar-refractivity contribution in [2.45, 2.75) is 44.9 Å². The second kappa shape index (κ2) is 11.6. The lowest BCUT2D eigenvalue weighted by atomic mass is 9.92. The Labute approximate surface area is 216 Å². The maximum Gasteiger partial charge on any atom is 0.277 e. The average molecular weight is 503 g/mol. The van der Waals surface area contributed by atoms with Crippen LogP contribution in [-0.4, -0.2) is 58.1 Å². The van der Waals surface area contributed by atoms with Gasteiger partial charge in [-0.05, 0) is 74.6 Å². The normalized spacial score (nSPS) is 17.2. The maximum atomic E-state index is 12.6. The van der Waals surface area contributed by atoms with Gasteiger partial charge in [0.2, 0.25) is 5.95 Å². The van der Waals surface area contributed by atoms with Crippen molar-refractivity contribution >= 4 is 34.0 Å². The molecule has 0 atom stereocenters. The Kier molecular flexibility index (Phi) is 7.80. The molecule has 3 N–H and O–H groups in total. The molecular formula is C27H34N8O2. The lowest BCUT2D eigenvalue weighted by molar-refractivity contribution is 0.261. The number of H-pyrrole nitrogens is 1. The standard InChI is InChI=1S/C27H34N8O2/c28-12-7-20-10-15-35(16-11-20)27-31-23-18-29-33-26(37)24(23)25(32-27)30-21-3-5-22(6-4-21)34-13-8-19(9-14-34)2-1-17-36/h3-6,18-20,36H,1-2,7-11,13-17H2,(H,33,37)(H,30,31,32). The number of fused-ring (bicyclic) bond motifs is 1. The summed E-state index contributed by atoms with van der Waals surface area (Å²) in [5.41, 5.74) is 2.19. The minimum atomic E-state index is -0.333. The molecule has 2 fully saturated rings. The fraction of sp³-hybridized carbons (Fsp3) is 0.519. The minimum Gasteiger partial charge on any atom is -0.396 e. The van der Waals surface area contributed by atoms with E-state index in [9.17, 15) is 4.79 Å². The highest BCUT2D eigenvalue weighted by molar-refractivity contribution is 5.90. The van der Waals surface area contributed by atoms with Crippen LogP contribution in [0.4, 0.5) is 23.1 Å². The van der Waals surface area contributed by atoms with Crippen molar-refractivity contribution in [2.24, 2.45) is 11.8 Å². The summed E-state index contributed by atoms with van der Waals surface area (Å²) in [5.74, 6) is 2.14. The third-order valence-corrected chi connectivity index (χ3v) is 7.66. The third kappa shape index (κ3) is 5.83. The van der Waals surface area contributed by atoms with Crippen molar-refractivity contribution in [1.82, 2.24) is 20.2 Å². The van der Waals surface area contributed by atoms with Crippen LogP contribution in [0.15, 0.2) is 35.3 Å². The molecule has 0 saturated carbocycles. The summed E-state index contributed by atoms with van der Waals surface area (Å²) in [5, 5.41) is 28.3. The summed E-state index contributed by atoms with van der Waals surface area (Å²) in [6, 6.07) is 10.5. The van der Waals surface area contributed by atoms with Gasteiger partial charge in [-0.15, -0.1) is 0 Å². The van der Waals surface area contributed by atoms with E-state index in [1.165, 1.54) is 5.69 Å². The Morgan fingerprint density at radius 2 is 1.73 bits per heavy atom. The number of aromatic amines is 1. The predicted octanol–water partition coefficient (Wildman–Crippen LogP) is 3.58. The monoisotopic (exact) mass is 502 g/mol. The highest BCUT2D eigenvalue weighted by Crippen LogP contribution is 2.30. The molecule has 194 valence electrons. The number of aromatic nitrogens is 4. The molecule has 0 amide bonds. The Morgan fingerprint density at radius 1 is 1.03 bits per heavy atom.